The van der Waals surface area contributed by atoms with Gasteiger partial charge in [0, 0.05) is 19.6 Å². The van der Waals surface area contributed by atoms with Gasteiger partial charge in [-0.25, -0.2) is 23.5 Å². The number of fused-ring (bicyclic) bond motifs is 3. The highest BCUT2D eigenvalue weighted by Gasteiger charge is 2.44. The van der Waals surface area contributed by atoms with Crippen molar-refractivity contribution >= 4 is 39.2 Å². The molecule has 2 N–H and O–H groups in total. The van der Waals surface area contributed by atoms with Crippen molar-refractivity contribution < 1.29 is 44.3 Å². The fourth-order valence-electron chi connectivity index (χ4n) is 4.36. The molecule has 2 aliphatic rings. The van der Waals surface area contributed by atoms with Gasteiger partial charge in [0.25, 0.3) is 5.56 Å². The smallest absolute Gasteiger partial charge is 0.379 e. The highest BCUT2D eigenvalue weighted by Crippen LogP contribution is 2.36. The van der Waals surface area contributed by atoms with Crippen LogP contribution in [0.1, 0.15) is 31.5 Å². The van der Waals surface area contributed by atoms with E-state index in [0.29, 0.717) is 6.20 Å². The summed E-state index contributed by atoms with van der Waals surface area (Å²) in [5.41, 5.74) is -4.73. The van der Waals surface area contributed by atoms with Crippen molar-refractivity contribution in [1.82, 2.24) is 25.1 Å². The third-order valence-corrected chi connectivity index (χ3v) is 8.99. The van der Waals surface area contributed by atoms with E-state index >= 15 is 0 Å². The molecule has 1 saturated heterocycles. The number of nitrogens with zero attached hydrogens (tertiary/aromatic N) is 5. The minimum absolute atomic E-state index is 0.00273. The molecule has 2 aromatic heterocycles. The fourth-order valence-corrected chi connectivity index (χ4v) is 6.68. The number of anilines is 2. The van der Waals surface area contributed by atoms with Crippen LogP contribution in [-0.2, 0) is 31.7 Å². The van der Waals surface area contributed by atoms with Crippen LogP contribution in [0.15, 0.2) is 22.2 Å². The van der Waals surface area contributed by atoms with Crippen LogP contribution in [-0.4, -0.2) is 88.8 Å². The average Bonchev–Trinajstić information content (AvgIpc) is 2.88. The monoisotopic (exact) mass is 645 g/mol. The molecule has 0 aromatic carbocycles. The maximum absolute atomic E-state index is 13.2. The molecule has 0 aliphatic carbocycles. The number of halogens is 6. The molecular formula is C22H25F6N7O5S2. The summed E-state index contributed by atoms with van der Waals surface area (Å²) in [4.78, 5) is 34.4. The van der Waals surface area contributed by atoms with E-state index in [2.05, 4.69) is 19.8 Å². The summed E-state index contributed by atoms with van der Waals surface area (Å²) in [5.74, 6) is -1.06. The number of aromatic amines is 1. The average molecular weight is 646 g/mol. The molecule has 12 nitrogen and oxygen atoms in total. The van der Waals surface area contributed by atoms with Gasteiger partial charge in [0.1, 0.15) is 5.56 Å². The standard InChI is InChI=1S/C22H25F6N7O5S2/c1-20(2,41-33-13-7-30-32-18(37)16(13)22(26,27)28)11-40-6-3-15(36)34-4-5-35-12(9-34)10-42(38,39)19-17(35)29-8-14(31-19)21(23,24)25/h7-8,12H,3-6,9-11H2,1-2H3,(H2,32,33,37)/t12-/m0/s1. The Balaban J connectivity index is 1.29. The molecule has 0 radical (unpaired) electrons. The van der Waals surface area contributed by atoms with E-state index in [1.54, 1.807) is 18.9 Å². The lowest BCUT2D eigenvalue weighted by molar-refractivity contribution is -0.142. The minimum atomic E-state index is -4.90. The second-order valence-electron chi connectivity index (χ2n) is 10.1. The molecule has 0 bridgehead atoms. The van der Waals surface area contributed by atoms with Crippen molar-refractivity contribution in [2.45, 2.75) is 48.4 Å². The number of nitrogens with one attached hydrogen (secondary N) is 2. The number of carbonyl (C=O) groups excluding carboxylic acids is 1. The quantitative estimate of drug-likeness (QED) is 0.247. The van der Waals surface area contributed by atoms with Crippen LogP contribution in [0.3, 0.4) is 0 Å². The van der Waals surface area contributed by atoms with Gasteiger partial charge in [0.2, 0.25) is 15.7 Å². The molecule has 0 unspecified atom stereocenters. The summed E-state index contributed by atoms with van der Waals surface area (Å²) in [7, 11) is -4.19. The molecule has 1 fully saturated rings. The summed E-state index contributed by atoms with van der Waals surface area (Å²) >= 11 is 0.868. The highest BCUT2D eigenvalue weighted by atomic mass is 32.2. The molecule has 2 aliphatic heterocycles. The topological polar surface area (TPSA) is 150 Å². The third-order valence-electron chi connectivity index (χ3n) is 6.31. The van der Waals surface area contributed by atoms with Gasteiger partial charge in [-0.05, 0) is 25.8 Å². The normalized spacial score (nSPS) is 18.8. The van der Waals surface area contributed by atoms with Crippen molar-refractivity contribution in [2.75, 3.05) is 48.2 Å². The molecular weight excluding hydrogens is 620 g/mol. The van der Waals surface area contributed by atoms with E-state index in [4.69, 9.17) is 4.74 Å². The van der Waals surface area contributed by atoms with Crippen LogP contribution in [0.25, 0.3) is 0 Å². The molecule has 4 heterocycles. The number of alkyl halides is 6. The molecule has 42 heavy (non-hydrogen) atoms. The van der Waals surface area contributed by atoms with E-state index in [0.717, 1.165) is 18.1 Å². The Hall–Kier alpha value is -3.13. The molecule has 20 heteroatoms. The van der Waals surface area contributed by atoms with Crippen LogP contribution in [0.4, 0.5) is 37.8 Å². The Bertz CT molecular complexity index is 1500. The molecule has 4 rings (SSSR count). The first-order chi connectivity index (χ1) is 19.4. The molecule has 1 amide bonds. The summed E-state index contributed by atoms with van der Waals surface area (Å²) in [6.07, 6.45) is -8.51. The lowest BCUT2D eigenvalue weighted by Crippen LogP contribution is -2.59. The van der Waals surface area contributed by atoms with Crippen molar-refractivity contribution in [2.24, 2.45) is 0 Å². The largest absolute Gasteiger partial charge is 0.434 e. The van der Waals surface area contributed by atoms with Crippen LogP contribution in [0.2, 0.25) is 0 Å². The van der Waals surface area contributed by atoms with Gasteiger partial charge in [-0.3, -0.25) is 9.59 Å². The first kappa shape index (κ1) is 31.8. The second-order valence-corrected chi connectivity index (χ2v) is 13.6. The van der Waals surface area contributed by atoms with Crippen molar-refractivity contribution in [3.8, 4) is 0 Å². The van der Waals surface area contributed by atoms with Gasteiger partial charge in [-0.2, -0.15) is 31.4 Å². The number of H-pyrrole nitrogens is 1. The number of sulfone groups is 1. The number of piperazine rings is 1. The number of rotatable bonds is 8. The zero-order chi connectivity index (χ0) is 31.1. The SMILES string of the molecule is CC(C)(COCCC(=O)N1CCN2c3ncc(C(F)(F)F)nc3S(=O)(=O)C[C@@H]2C1)SNc1cn[nH]c(=O)c1C(F)(F)F. The lowest BCUT2D eigenvalue weighted by atomic mass is 10.1. The Labute approximate surface area is 239 Å². The van der Waals surface area contributed by atoms with Gasteiger partial charge in [-0.1, -0.05) is 0 Å². The fraction of sp³-hybridized carbons (Fsp3) is 0.591. The zero-order valence-corrected chi connectivity index (χ0v) is 23.7. The molecule has 2 aromatic rings. The first-order valence-electron chi connectivity index (χ1n) is 12.3. The van der Waals surface area contributed by atoms with Gasteiger partial charge in [-0.15, -0.1) is 0 Å². The van der Waals surface area contributed by atoms with Crippen LogP contribution >= 0.6 is 11.9 Å². The van der Waals surface area contributed by atoms with Crippen LogP contribution < -0.4 is 15.2 Å². The van der Waals surface area contributed by atoms with Gasteiger partial charge >= 0.3 is 12.4 Å². The Morgan fingerprint density at radius 1 is 1.17 bits per heavy atom. The van der Waals surface area contributed by atoms with E-state index in [1.807, 2.05) is 0 Å². The number of amides is 1. The van der Waals surface area contributed by atoms with Crippen molar-refractivity contribution in [3.05, 3.63) is 34.0 Å². The van der Waals surface area contributed by atoms with E-state index < -0.39 is 66.3 Å². The third kappa shape index (κ3) is 7.08. The van der Waals surface area contributed by atoms with Crippen LogP contribution in [0, 0.1) is 0 Å². The summed E-state index contributed by atoms with van der Waals surface area (Å²) in [5, 5.41) is 4.39. The molecule has 0 spiro atoms. The van der Waals surface area contributed by atoms with E-state index in [-0.39, 0.29) is 51.0 Å². The van der Waals surface area contributed by atoms with Gasteiger partial charge in [0.15, 0.2) is 16.5 Å². The number of aromatic nitrogens is 4. The summed E-state index contributed by atoms with van der Waals surface area (Å²) in [6, 6.07) is -0.727. The number of hydrogen-bond donors (Lipinski definition) is 2. The predicted octanol–water partition coefficient (Wildman–Crippen LogP) is 2.35. The van der Waals surface area contributed by atoms with Crippen molar-refractivity contribution in [3.63, 3.8) is 0 Å². The number of hydrogen-bond acceptors (Lipinski definition) is 11. The number of carbonyl (C=O) groups is 1. The maximum Gasteiger partial charge on any atom is 0.434 e. The highest BCUT2D eigenvalue weighted by molar-refractivity contribution is 8.01. The van der Waals surface area contributed by atoms with Gasteiger partial charge < -0.3 is 19.3 Å². The molecule has 1 atom stereocenters. The van der Waals surface area contributed by atoms with Gasteiger partial charge in [0.05, 0.1) is 54.3 Å². The Kier molecular flexibility index (Phi) is 8.72. The molecule has 232 valence electrons. The van der Waals surface area contributed by atoms with Crippen LogP contribution in [0.5, 0.6) is 0 Å². The maximum atomic E-state index is 13.2. The van der Waals surface area contributed by atoms with E-state index in [1.165, 1.54) is 9.80 Å². The van der Waals surface area contributed by atoms with Crippen molar-refractivity contribution in [1.29, 1.82) is 0 Å². The van der Waals surface area contributed by atoms with E-state index in [9.17, 15) is 44.3 Å². The Morgan fingerprint density at radius 3 is 2.55 bits per heavy atom. The second kappa shape index (κ2) is 11.5. The Morgan fingerprint density at radius 2 is 1.88 bits per heavy atom. The summed E-state index contributed by atoms with van der Waals surface area (Å²) < 4.78 is 111. The minimum Gasteiger partial charge on any atom is -0.379 e. The molecule has 0 saturated carbocycles. The summed E-state index contributed by atoms with van der Waals surface area (Å²) in [6.45, 7) is 3.60. The zero-order valence-electron chi connectivity index (χ0n) is 22.0. The lowest BCUT2D eigenvalue weighted by Gasteiger charge is -2.44. The predicted molar refractivity (Wildman–Crippen MR) is 137 cm³/mol. The number of ether oxygens (including phenoxy) is 1. The first-order valence-corrected chi connectivity index (χ1v) is 14.7.